The molecule has 0 N–H and O–H groups in total. The van der Waals surface area contributed by atoms with Gasteiger partial charge in [-0.05, 0) is 68.4 Å². The zero-order valence-electron chi connectivity index (χ0n) is 19.3. The van der Waals surface area contributed by atoms with Crippen molar-refractivity contribution in [1.29, 1.82) is 0 Å². The maximum atomic E-state index is 12.8. The molecule has 6 rings (SSSR count). The van der Waals surface area contributed by atoms with Gasteiger partial charge in [-0.25, -0.2) is 9.97 Å². The molecule has 3 aromatic rings. The van der Waals surface area contributed by atoms with Gasteiger partial charge >= 0.3 is 0 Å². The number of amides is 1. The van der Waals surface area contributed by atoms with Crippen LogP contribution < -0.4 is 9.64 Å². The Morgan fingerprint density at radius 3 is 2.56 bits per heavy atom. The van der Waals surface area contributed by atoms with E-state index in [9.17, 15) is 4.79 Å². The van der Waals surface area contributed by atoms with Crippen molar-refractivity contribution in [1.82, 2.24) is 14.9 Å². The number of anilines is 1. The molecule has 2 aromatic heterocycles. The second-order valence-electron chi connectivity index (χ2n) is 9.53. The second kappa shape index (κ2) is 9.34. The smallest absolute Gasteiger partial charge is 0.260 e. The average molecular weight is 497 g/mol. The van der Waals surface area contributed by atoms with Crippen LogP contribution in [0.15, 0.2) is 24.3 Å². The monoisotopic (exact) mass is 496 g/mol. The van der Waals surface area contributed by atoms with E-state index in [0.717, 1.165) is 31.2 Å². The Balaban J connectivity index is 1.19. The van der Waals surface area contributed by atoms with Crippen LogP contribution in [0, 0.1) is 0 Å². The number of hydrogen-bond donors (Lipinski definition) is 0. The topological polar surface area (TPSA) is 58.6 Å². The summed E-state index contributed by atoms with van der Waals surface area (Å²) in [6.45, 7) is 2.98. The van der Waals surface area contributed by atoms with Gasteiger partial charge in [0.05, 0.1) is 5.39 Å². The Morgan fingerprint density at radius 2 is 1.79 bits per heavy atom. The molecule has 178 valence electrons. The van der Waals surface area contributed by atoms with Crippen molar-refractivity contribution in [2.45, 2.75) is 50.9 Å². The molecule has 1 saturated heterocycles. The van der Waals surface area contributed by atoms with Crippen LogP contribution in [0.3, 0.4) is 0 Å². The zero-order chi connectivity index (χ0) is 23.1. The molecule has 0 spiro atoms. The number of hydrogen-bond acceptors (Lipinski definition) is 6. The van der Waals surface area contributed by atoms with Crippen LogP contribution in [-0.4, -0.2) is 53.6 Å². The third-order valence-corrected chi connectivity index (χ3v) is 8.55. The van der Waals surface area contributed by atoms with Crippen molar-refractivity contribution in [3.63, 3.8) is 0 Å². The summed E-state index contributed by atoms with van der Waals surface area (Å²) in [4.78, 5) is 29.9. The molecule has 0 atom stereocenters. The lowest BCUT2D eigenvalue weighted by Crippen LogP contribution is -2.50. The van der Waals surface area contributed by atoms with Gasteiger partial charge in [0.1, 0.15) is 22.2 Å². The van der Waals surface area contributed by atoms with Crippen LogP contribution in [0.25, 0.3) is 10.2 Å². The first-order valence-electron chi connectivity index (χ1n) is 12.4. The van der Waals surface area contributed by atoms with E-state index in [1.165, 1.54) is 59.2 Å². The summed E-state index contributed by atoms with van der Waals surface area (Å²) in [5.74, 6) is 3.33. The fourth-order valence-corrected chi connectivity index (χ4v) is 6.41. The van der Waals surface area contributed by atoms with Gasteiger partial charge in [-0.2, -0.15) is 0 Å². The lowest BCUT2D eigenvalue weighted by Gasteiger charge is -2.36. The van der Waals surface area contributed by atoms with Crippen LogP contribution in [0.4, 0.5) is 5.82 Å². The van der Waals surface area contributed by atoms with Gasteiger partial charge in [-0.15, -0.1) is 11.3 Å². The minimum Gasteiger partial charge on any atom is -0.484 e. The van der Waals surface area contributed by atoms with Gasteiger partial charge in [0.25, 0.3) is 5.91 Å². The predicted octanol–water partition coefficient (Wildman–Crippen LogP) is 5.22. The summed E-state index contributed by atoms with van der Waals surface area (Å²) in [6, 6.07) is 7.11. The summed E-state index contributed by atoms with van der Waals surface area (Å²) in [6.07, 6.45) is 8.53. The quantitative estimate of drug-likeness (QED) is 0.453. The van der Waals surface area contributed by atoms with Crippen molar-refractivity contribution in [3.8, 4) is 5.75 Å². The van der Waals surface area contributed by atoms with Gasteiger partial charge in [0, 0.05) is 42.0 Å². The molecule has 2 aliphatic carbocycles. The number of nitrogens with zero attached hydrogens (tertiary/aromatic N) is 4. The molecule has 1 aliphatic heterocycles. The molecule has 0 bridgehead atoms. The number of rotatable bonds is 5. The zero-order valence-corrected chi connectivity index (χ0v) is 20.8. The van der Waals surface area contributed by atoms with E-state index in [2.05, 4.69) is 4.90 Å². The van der Waals surface area contributed by atoms with E-state index in [-0.39, 0.29) is 12.5 Å². The Hall–Kier alpha value is -2.38. The third-order valence-electron chi connectivity index (χ3n) is 7.11. The third kappa shape index (κ3) is 4.48. The van der Waals surface area contributed by atoms with E-state index >= 15 is 0 Å². The van der Waals surface area contributed by atoms with Crippen LogP contribution in [0.2, 0.25) is 5.02 Å². The first-order chi connectivity index (χ1) is 16.7. The fourth-order valence-electron chi connectivity index (χ4n) is 5.02. The Labute approximate surface area is 208 Å². The standard InChI is InChI=1S/C26H29ClN4O2S/c27-18-8-10-19(11-9-18)33-16-22(32)30-12-14-31(15-13-30)25-23-20-4-2-1-3-5-21(20)34-26(23)29-24(28-25)17-6-7-17/h8-11,17H,1-7,12-16H2. The number of aromatic nitrogens is 2. The lowest BCUT2D eigenvalue weighted by molar-refractivity contribution is -0.133. The molecule has 0 radical (unpaired) electrons. The maximum Gasteiger partial charge on any atom is 0.260 e. The Morgan fingerprint density at radius 1 is 1.03 bits per heavy atom. The Kier molecular flexibility index (Phi) is 6.08. The molecule has 6 nitrogen and oxygen atoms in total. The van der Waals surface area contributed by atoms with Crippen molar-refractivity contribution in [2.75, 3.05) is 37.7 Å². The number of ether oxygens (including phenoxy) is 1. The number of aryl methyl sites for hydroxylation is 2. The lowest BCUT2D eigenvalue weighted by atomic mass is 10.1. The van der Waals surface area contributed by atoms with E-state index < -0.39 is 0 Å². The largest absolute Gasteiger partial charge is 0.484 e. The summed E-state index contributed by atoms with van der Waals surface area (Å²) < 4.78 is 5.68. The highest BCUT2D eigenvalue weighted by Gasteiger charge is 2.31. The van der Waals surface area contributed by atoms with Crippen molar-refractivity contribution in [3.05, 3.63) is 45.6 Å². The molecule has 3 heterocycles. The molecule has 2 fully saturated rings. The SMILES string of the molecule is O=C(COc1ccc(Cl)cc1)N1CCN(c2nc(C3CC3)nc3sc4c(c23)CCCCC4)CC1. The molecular weight excluding hydrogens is 468 g/mol. The molecule has 1 amide bonds. The van der Waals surface area contributed by atoms with Crippen LogP contribution in [0.5, 0.6) is 5.75 Å². The van der Waals surface area contributed by atoms with E-state index in [0.29, 0.717) is 29.8 Å². The summed E-state index contributed by atoms with van der Waals surface area (Å²) >= 11 is 7.82. The molecule has 0 unspecified atom stereocenters. The molecular formula is C26H29ClN4O2S. The average Bonchev–Trinajstić information content (AvgIpc) is 3.68. The molecule has 34 heavy (non-hydrogen) atoms. The summed E-state index contributed by atoms with van der Waals surface area (Å²) in [7, 11) is 0. The minimum atomic E-state index is 0.0190. The number of benzene rings is 1. The molecule has 1 aromatic carbocycles. The first kappa shape index (κ1) is 22.1. The van der Waals surface area contributed by atoms with Crippen LogP contribution in [-0.2, 0) is 17.6 Å². The number of fused-ring (bicyclic) bond motifs is 3. The van der Waals surface area contributed by atoms with Crippen LogP contribution in [0.1, 0.15) is 54.3 Å². The van der Waals surface area contributed by atoms with Gasteiger partial charge in [0.15, 0.2) is 6.61 Å². The van der Waals surface area contributed by atoms with E-state index in [1.54, 1.807) is 24.3 Å². The van der Waals surface area contributed by atoms with Gasteiger partial charge in [-0.3, -0.25) is 4.79 Å². The summed E-state index contributed by atoms with van der Waals surface area (Å²) in [5.41, 5.74) is 1.49. The second-order valence-corrected chi connectivity index (χ2v) is 11.1. The van der Waals surface area contributed by atoms with Gasteiger partial charge in [0.2, 0.25) is 0 Å². The van der Waals surface area contributed by atoms with Crippen LogP contribution >= 0.6 is 22.9 Å². The first-order valence-corrected chi connectivity index (χ1v) is 13.6. The number of carbonyl (C=O) groups is 1. The van der Waals surface area contributed by atoms with Crippen molar-refractivity contribution < 1.29 is 9.53 Å². The summed E-state index contributed by atoms with van der Waals surface area (Å²) in [5, 5.41) is 1.94. The minimum absolute atomic E-state index is 0.0190. The molecule has 8 heteroatoms. The highest BCUT2D eigenvalue weighted by atomic mass is 35.5. The number of carbonyl (C=O) groups excluding carboxylic acids is 1. The van der Waals surface area contributed by atoms with E-state index in [4.69, 9.17) is 26.3 Å². The highest BCUT2D eigenvalue weighted by Crippen LogP contribution is 2.44. The molecule has 3 aliphatic rings. The maximum absolute atomic E-state index is 12.8. The number of piperazine rings is 1. The normalized spacial score (nSPS) is 18.6. The van der Waals surface area contributed by atoms with Crippen molar-refractivity contribution >= 4 is 44.9 Å². The number of halogens is 1. The Bertz CT molecular complexity index is 1200. The number of thiophene rings is 1. The molecule has 1 saturated carbocycles. The fraction of sp³-hybridized carbons (Fsp3) is 0.500. The van der Waals surface area contributed by atoms with Gasteiger partial charge < -0.3 is 14.5 Å². The predicted molar refractivity (Wildman–Crippen MR) is 136 cm³/mol. The van der Waals surface area contributed by atoms with Crippen molar-refractivity contribution in [2.24, 2.45) is 0 Å². The van der Waals surface area contributed by atoms with Gasteiger partial charge in [-0.1, -0.05) is 18.0 Å². The van der Waals surface area contributed by atoms with E-state index in [1.807, 2.05) is 16.2 Å². The highest BCUT2D eigenvalue weighted by molar-refractivity contribution is 7.19.